The molecular formula is C18H20N2OS. The fraction of sp³-hybridized carbons (Fsp3) is 0.333. The topological polar surface area (TPSA) is 33.2 Å². The molecule has 0 radical (unpaired) electrons. The smallest absolute Gasteiger partial charge is 0.255 e. The lowest BCUT2D eigenvalue weighted by molar-refractivity contribution is 0.0197. The van der Waals surface area contributed by atoms with Crippen molar-refractivity contribution in [1.82, 2.24) is 9.88 Å². The number of thioether (sulfide) groups is 1. The number of amides is 1. The van der Waals surface area contributed by atoms with Crippen molar-refractivity contribution in [2.45, 2.75) is 24.9 Å². The van der Waals surface area contributed by atoms with Gasteiger partial charge in [-0.15, -0.1) is 11.8 Å². The third-order valence-electron chi connectivity index (χ3n) is 4.04. The predicted molar refractivity (Wildman–Crippen MR) is 90.0 cm³/mol. The first kappa shape index (κ1) is 15.1. The van der Waals surface area contributed by atoms with Crippen molar-refractivity contribution in [3.63, 3.8) is 0 Å². The zero-order chi connectivity index (χ0) is 15.5. The van der Waals surface area contributed by atoms with Crippen molar-refractivity contribution in [2.75, 3.05) is 12.3 Å². The molecule has 1 aromatic heterocycles. The molecule has 2 heterocycles. The molecule has 1 amide bonds. The molecule has 2 aromatic rings. The molecule has 114 valence electrons. The second-order valence-corrected chi connectivity index (χ2v) is 6.89. The first-order chi connectivity index (χ1) is 10.7. The van der Waals surface area contributed by atoms with Gasteiger partial charge in [0.2, 0.25) is 0 Å². The van der Waals surface area contributed by atoms with Crippen molar-refractivity contribution in [3.05, 3.63) is 59.8 Å². The third-order valence-corrected chi connectivity index (χ3v) is 4.86. The average Bonchev–Trinajstić information content (AvgIpc) is 2.54. The van der Waals surface area contributed by atoms with Crippen LogP contribution in [0, 0.1) is 5.92 Å². The number of pyridine rings is 1. The van der Waals surface area contributed by atoms with Crippen LogP contribution in [0.3, 0.4) is 0 Å². The molecule has 0 aliphatic carbocycles. The minimum absolute atomic E-state index is 0.0764. The number of hydrogen-bond donors (Lipinski definition) is 0. The number of likely N-dealkylation sites (tertiary alicyclic amines) is 1. The van der Waals surface area contributed by atoms with E-state index in [1.54, 1.807) is 18.0 Å². The molecule has 3 nitrogen and oxygen atoms in total. The van der Waals surface area contributed by atoms with Crippen LogP contribution in [0.25, 0.3) is 0 Å². The number of rotatable bonds is 4. The Hall–Kier alpha value is -1.81. The van der Waals surface area contributed by atoms with E-state index in [0.717, 1.165) is 17.3 Å². The van der Waals surface area contributed by atoms with Crippen LogP contribution in [-0.2, 0) is 0 Å². The molecule has 1 aliphatic heterocycles. The lowest BCUT2D eigenvalue weighted by atomic mass is 9.84. The molecule has 1 aromatic carbocycles. The van der Waals surface area contributed by atoms with Crippen LogP contribution in [0.15, 0.2) is 53.7 Å². The summed E-state index contributed by atoms with van der Waals surface area (Å²) >= 11 is 1.69. The number of nitrogens with zero attached hydrogens (tertiary/aromatic N) is 2. The summed E-state index contributed by atoms with van der Waals surface area (Å²) in [5, 5.41) is 0.968. The van der Waals surface area contributed by atoms with Crippen molar-refractivity contribution in [3.8, 4) is 0 Å². The van der Waals surface area contributed by atoms with E-state index in [1.807, 2.05) is 35.2 Å². The molecule has 1 fully saturated rings. The summed E-state index contributed by atoms with van der Waals surface area (Å²) in [7, 11) is 0. The zero-order valence-electron chi connectivity index (χ0n) is 12.9. The van der Waals surface area contributed by atoms with Crippen LogP contribution in [0.2, 0.25) is 0 Å². The maximum absolute atomic E-state index is 12.7. The van der Waals surface area contributed by atoms with E-state index in [2.05, 4.69) is 31.0 Å². The van der Waals surface area contributed by atoms with Crippen LogP contribution in [0.5, 0.6) is 0 Å². The van der Waals surface area contributed by atoms with Gasteiger partial charge in [0.15, 0.2) is 0 Å². The molecule has 0 N–H and O–H groups in total. The molecule has 4 heteroatoms. The largest absolute Gasteiger partial charge is 0.331 e. The van der Waals surface area contributed by atoms with Gasteiger partial charge in [-0.05, 0) is 29.4 Å². The van der Waals surface area contributed by atoms with Crippen molar-refractivity contribution >= 4 is 17.7 Å². The molecule has 1 aliphatic rings. The number of benzene rings is 1. The number of aromatic nitrogens is 1. The van der Waals surface area contributed by atoms with Gasteiger partial charge in [-0.2, -0.15) is 0 Å². The van der Waals surface area contributed by atoms with Crippen LogP contribution in [0.4, 0.5) is 0 Å². The highest BCUT2D eigenvalue weighted by Gasteiger charge is 2.40. The molecule has 3 rings (SSSR count). The molecule has 0 unspecified atom stereocenters. The standard InChI is InChI=1S/C18H20N2OS/c1-3-22-16-10-9-15(11-19-16)18(21)20-12-13(2)17(20)14-7-5-4-6-8-14/h4-11,13,17H,3,12H2,1-2H3/t13-,17+/m1/s1. The van der Waals surface area contributed by atoms with Crippen molar-refractivity contribution in [2.24, 2.45) is 5.92 Å². The van der Waals surface area contributed by atoms with E-state index in [1.165, 1.54) is 5.56 Å². The Kier molecular flexibility index (Phi) is 4.48. The van der Waals surface area contributed by atoms with Gasteiger partial charge in [0.25, 0.3) is 5.91 Å². The molecule has 1 saturated heterocycles. The Labute approximate surface area is 135 Å². The molecule has 2 atom stereocenters. The van der Waals surface area contributed by atoms with Crippen LogP contribution in [0.1, 0.15) is 35.8 Å². The van der Waals surface area contributed by atoms with E-state index in [0.29, 0.717) is 11.5 Å². The second-order valence-electron chi connectivity index (χ2n) is 5.61. The van der Waals surface area contributed by atoms with Gasteiger partial charge in [-0.1, -0.05) is 44.2 Å². The van der Waals surface area contributed by atoms with E-state index in [4.69, 9.17) is 0 Å². The Morgan fingerprint density at radius 3 is 2.64 bits per heavy atom. The van der Waals surface area contributed by atoms with Gasteiger partial charge in [0.05, 0.1) is 16.6 Å². The average molecular weight is 312 g/mol. The van der Waals surface area contributed by atoms with Crippen LogP contribution >= 0.6 is 11.8 Å². The minimum Gasteiger partial charge on any atom is -0.331 e. The Morgan fingerprint density at radius 1 is 1.27 bits per heavy atom. The molecular weight excluding hydrogens is 292 g/mol. The van der Waals surface area contributed by atoms with Gasteiger partial charge < -0.3 is 4.90 Å². The van der Waals surface area contributed by atoms with Gasteiger partial charge >= 0.3 is 0 Å². The van der Waals surface area contributed by atoms with E-state index in [9.17, 15) is 4.79 Å². The maximum atomic E-state index is 12.7. The summed E-state index contributed by atoms with van der Waals surface area (Å²) in [6.45, 7) is 5.10. The molecule has 0 saturated carbocycles. The predicted octanol–water partition coefficient (Wildman–Crippen LogP) is 4.03. The SMILES string of the molecule is CCSc1ccc(C(=O)N2C[C@@H](C)[C@H]2c2ccccc2)cn1. The van der Waals surface area contributed by atoms with E-state index in [-0.39, 0.29) is 11.9 Å². The second kappa shape index (κ2) is 6.53. The van der Waals surface area contributed by atoms with Gasteiger partial charge in [0, 0.05) is 12.7 Å². The summed E-state index contributed by atoms with van der Waals surface area (Å²) < 4.78 is 0. The highest BCUT2D eigenvalue weighted by Crippen LogP contribution is 2.39. The number of hydrogen-bond acceptors (Lipinski definition) is 3. The van der Waals surface area contributed by atoms with Crippen LogP contribution < -0.4 is 0 Å². The van der Waals surface area contributed by atoms with Crippen molar-refractivity contribution < 1.29 is 4.79 Å². The Bertz CT molecular complexity index is 642. The number of carbonyl (C=O) groups is 1. The van der Waals surface area contributed by atoms with E-state index < -0.39 is 0 Å². The first-order valence-corrected chi connectivity index (χ1v) is 8.64. The first-order valence-electron chi connectivity index (χ1n) is 7.65. The summed E-state index contributed by atoms with van der Waals surface area (Å²) in [5.74, 6) is 1.56. The summed E-state index contributed by atoms with van der Waals surface area (Å²) in [5.41, 5.74) is 1.88. The highest BCUT2D eigenvalue weighted by atomic mass is 32.2. The zero-order valence-corrected chi connectivity index (χ0v) is 13.7. The third kappa shape index (κ3) is 2.88. The quantitative estimate of drug-likeness (QED) is 0.799. The fourth-order valence-electron chi connectivity index (χ4n) is 2.97. The molecule has 0 spiro atoms. The monoisotopic (exact) mass is 312 g/mol. The summed E-state index contributed by atoms with van der Waals surface area (Å²) in [6, 6.07) is 14.3. The fourth-order valence-corrected chi connectivity index (χ4v) is 3.55. The summed E-state index contributed by atoms with van der Waals surface area (Å²) in [6.07, 6.45) is 1.70. The van der Waals surface area contributed by atoms with Gasteiger partial charge in [0.1, 0.15) is 0 Å². The Morgan fingerprint density at radius 2 is 2.05 bits per heavy atom. The summed E-state index contributed by atoms with van der Waals surface area (Å²) in [4.78, 5) is 19.0. The normalized spacial score (nSPS) is 20.5. The van der Waals surface area contributed by atoms with E-state index >= 15 is 0 Å². The Balaban J connectivity index is 1.77. The lowest BCUT2D eigenvalue weighted by Gasteiger charge is -2.47. The minimum atomic E-state index is 0.0764. The number of carbonyl (C=O) groups excluding carboxylic acids is 1. The lowest BCUT2D eigenvalue weighted by Crippen LogP contribution is -2.51. The van der Waals surface area contributed by atoms with Crippen molar-refractivity contribution in [1.29, 1.82) is 0 Å². The molecule has 22 heavy (non-hydrogen) atoms. The van der Waals surface area contributed by atoms with Gasteiger partial charge in [-0.25, -0.2) is 4.98 Å². The van der Waals surface area contributed by atoms with Gasteiger partial charge in [-0.3, -0.25) is 4.79 Å². The van der Waals surface area contributed by atoms with Crippen LogP contribution in [-0.4, -0.2) is 28.1 Å². The molecule has 0 bridgehead atoms. The highest BCUT2D eigenvalue weighted by molar-refractivity contribution is 7.99. The maximum Gasteiger partial charge on any atom is 0.255 e.